The van der Waals surface area contributed by atoms with Crippen LogP contribution in [0.1, 0.15) is 42.5 Å². The molecular formula is C22H24FN3O3. The number of carbonyl (C=O) groups is 1. The van der Waals surface area contributed by atoms with Crippen molar-refractivity contribution >= 4 is 22.6 Å². The number of aromatic nitrogens is 2. The van der Waals surface area contributed by atoms with Crippen molar-refractivity contribution in [1.29, 1.82) is 0 Å². The third-order valence-electron chi connectivity index (χ3n) is 4.32. The average Bonchev–Trinajstić information content (AvgIpc) is 2.60. The van der Waals surface area contributed by atoms with E-state index in [1.54, 1.807) is 45.9 Å². The summed E-state index contributed by atoms with van der Waals surface area (Å²) in [6.07, 6.45) is 0. The first-order valence-electron chi connectivity index (χ1n) is 9.27. The maximum Gasteiger partial charge on any atom is 0.341 e. The lowest BCUT2D eigenvalue weighted by Gasteiger charge is -2.22. The third kappa shape index (κ3) is 4.80. The molecule has 0 unspecified atom stereocenters. The fraction of sp³-hybridized carbons (Fsp3) is 0.318. The Labute approximate surface area is 168 Å². The zero-order chi connectivity index (χ0) is 21.3. The van der Waals surface area contributed by atoms with Crippen LogP contribution in [0.5, 0.6) is 0 Å². The number of nitrogens with zero attached hydrogens (tertiary/aromatic N) is 2. The number of carbonyl (C=O) groups excluding carboxylic acids is 1. The molecule has 0 aliphatic carbocycles. The summed E-state index contributed by atoms with van der Waals surface area (Å²) >= 11 is 0. The smallest absolute Gasteiger partial charge is 0.341 e. The molecule has 29 heavy (non-hydrogen) atoms. The molecule has 3 aromatic rings. The number of esters is 1. The Morgan fingerprint density at radius 3 is 2.59 bits per heavy atom. The van der Waals surface area contributed by atoms with Gasteiger partial charge in [-0.2, -0.15) is 0 Å². The van der Waals surface area contributed by atoms with Crippen molar-refractivity contribution in [3.8, 4) is 0 Å². The van der Waals surface area contributed by atoms with Crippen LogP contribution in [0.2, 0.25) is 0 Å². The molecule has 6 nitrogen and oxygen atoms in total. The summed E-state index contributed by atoms with van der Waals surface area (Å²) in [5.41, 5.74) is 1.13. The zero-order valence-electron chi connectivity index (χ0n) is 17.2. The molecule has 0 radical (unpaired) electrons. The highest BCUT2D eigenvalue weighted by Gasteiger charge is 2.21. The predicted octanol–water partition coefficient (Wildman–Crippen LogP) is 3.96. The second-order valence-corrected chi connectivity index (χ2v) is 8.02. The van der Waals surface area contributed by atoms with E-state index in [1.165, 1.54) is 12.1 Å². The molecule has 3 rings (SSSR count). The van der Waals surface area contributed by atoms with Crippen LogP contribution in [0.25, 0.3) is 10.9 Å². The summed E-state index contributed by atoms with van der Waals surface area (Å²) in [5.74, 6) is -0.771. The first-order chi connectivity index (χ1) is 13.5. The summed E-state index contributed by atoms with van der Waals surface area (Å²) in [7, 11) is 1.81. The molecule has 0 amide bonds. The standard InChI is InChI=1S/C22H24FN3O3/c1-13-24-19-9-6-14(10-17(19)20(27)25-13)12-26(5)15-7-8-16(18(23)11-15)21(28)29-22(2,3)4/h6-11H,12H2,1-5H3,(H,24,25,27). The molecule has 0 spiro atoms. The van der Waals surface area contributed by atoms with E-state index in [9.17, 15) is 14.0 Å². The number of ether oxygens (including phenoxy) is 1. The molecule has 152 valence electrons. The number of nitrogens with one attached hydrogen (secondary N) is 1. The van der Waals surface area contributed by atoms with Gasteiger partial charge in [0.05, 0.1) is 16.5 Å². The van der Waals surface area contributed by atoms with Crippen molar-refractivity contribution in [1.82, 2.24) is 9.97 Å². The zero-order valence-corrected chi connectivity index (χ0v) is 17.2. The number of aryl methyl sites for hydroxylation is 1. The van der Waals surface area contributed by atoms with Crippen molar-refractivity contribution in [3.63, 3.8) is 0 Å². The van der Waals surface area contributed by atoms with E-state index >= 15 is 0 Å². The molecule has 0 saturated heterocycles. The fourth-order valence-electron chi connectivity index (χ4n) is 3.01. The lowest BCUT2D eigenvalue weighted by Crippen LogP contribution is -2.24. The third-order valence-corrected chi connectivity index (χ3v) is 4.32. The number of aromatic amines is 1. The van der Waals surface area contributed by atoms with Crippen LogP contribution in [-0.2, 0) is 11.3 Å². The molecule has 0 aliphatic rings. The van der Waals surface area contributed by atoms with Gasteiger partial charge in [-0.3, -0.25) is 4.79 Å². The van der Waals surface area contributed by atoms with Crippen LogP contribution in [-0.4, -0.2) is 28.6 Å². The van der Waals surface area contributed by atoms with Gasteiger partial charge in [0.2, 0.25) is 0 Å². The number of hydrogen-bond acceptors (Lipinski definition) is 5. The van der Waals surface area contributed by atoms with Gasteiger partial charge < -0.3 is 14.6 Å². The van der Waals surface area contributed by atoms with Gasteiger partial charge in [0.15, 0.2) is 0 Å². The van der Waals surface area contributed by atoms with Crippen molar-refractivity contribution < 1.29 is 13.9 Å². The number of benzene rings is 2. The summed E-state index contributed by atoms with van der Waals surface area (Å²) in [6, 6.07) is 9.86. The van der Waals surface area contributed by atoms with Crippen LogP contribution < -0.4 is 10.5 Å². The summed E-state index contributed by atoms with van der Waals surface area (Å²) < 4.78 is 19.7. The van der Waals surface area contributed by atoms with Gasteiger partial charge in [-0.25, -0.2) is 14.2 Å². The highest BCUT2D eigenvalue weighted by atomic mass is 19.1. The molecule has 0 fully saturated rings. The number of anilines is 1. The largest absolute Gasteiger partial charge is 0.456 e. The second-order valence-electron chi connectivity index (χ2n) is 8.02. The van der Waals surface area contributed by atoms with E-state index in [2.05, 4.69) is 9.97 Å². The molecule has 1 N–H and O–H groups in total. The first kappa shape index (κ1) is 20.5. The molecule has 2 aromatic carbocycles. The topological polar surface area (TPSA) is 75.3 Å². The van der Waals surface area contributed by atoms with Crippen molar-refractivity contribution in [2.24, 2.45) is 0 Å². The Hall–Kier alpha value is -3.22. The summed E-state index contributed by atoms with van der Waals surface area (Å²) in [6.45, 7) is 7.38. The minimum Gasteiger partial charge on any atom is -0.456 e. The van der Waals surface area contributed by atoms with E-state index in [-0.39, 0.29) is 11.1 Å². The Balaban J connectivity index is 1.81. The number of fused-ring (bicyclic) bond motifs is 1. The highest BCUT2D eigenvalue weighted by molar-refractivity contribution is 5.90. The van der Waals surface area contributed by atoms with E-state index < -0.39 is 17.4 Å². The van der Waals surface area contributed by atoms with Gasteiger partial charge in [-0.15, -0.1) is 0 Å². The number of hydrogen-bond donors (Lipinski definition) is 1. The van der Waals surface area contributed by atoms with Gasteiger partial charge in [-0.1, -0.05) is 6.07 Å². The van der Waals surface area contributed by atoms with Gasteiger partial charge in [0.25, 0.3) is 5.56 Å². The molecule has 0 aliphatic heterocycles. The minimum absolute atomic E-state index is 0.101. The highest BCUT2D eigenvalue weighted by Crippen LogP contribution is 2.22. The van der Waals surface area contributed by atoms with Gasteiger partial charge in [-0.05, 0) is 63.6 Å². The number of rotatable bonds is 4. The van der Waals surface area contributed by atoms with Gasteiger partial charge >= 0.3 is 5.97 Å². The summed E-state index contributed by atoms with van der Waals surface area (Å²) in [4.78, 5) is 33.1. The van der Waals surface area contributed by atoms with Crippen LogP contribution in [0.4, 0.5) is 10.1 Å². The normalized spacial score (nSPS) is 11.5. The Morgan fingerprint density at radius 1 is 1.21 bits per heavy atom. The Kier molecular flexibility index (Phi) is 5.42. The lowest BCUT2D eigenvalue weighted by atomic mass is 10.1. The molecule has 0 bridgehead atoms. The van der Waals surface area contributed by atoms with Crippen molar-refractivity contribution in [2.75, 3.05) is 11.9 Å². The minimum atomic E-state index is -0.694. The lowest BCUT2D eigenvalue weighted by molar-refractivity contribution is 0.00647. The molecule has 1 heterocycles. The monoisotopic (exact) mass is 397 g/mol. The molecule has 0 saturated carbocycles. The van der Waals surface area contributed by atoms with Crippen LogP contribution in [0, 0.1) is 12.7 Å². The van der Waals surface area contributed by atoms with E-state index in [0.717, 1.165) is 5.56 Å². The maximum absolute atomic E-state index is 14.5. The molecular weight excluding hydrogens is 373 g/mol. The van der Waals surface area contributed by atoms with Crippen LogP contribution in [0.15, 0.2) is 41.2 Å². The Bertz CT molecular complexity index is 1130. The fourth-order valence-corrected chi connectivity index (χ4v) is 3.01. The summed E-state index contributed by atoms with van der Waals surface area (Å²) in [5, 5.41) is 0.507. The van der Waals surface area contributed by atoms with Crippen LogP contribution >= 0.6 is 0 Å². The van der Waals surface area contributed by atoms with Gasteiger partial charge in [0.1, 0.15) is 17.2 Å². The maximum atomic E-state index is 14.5. The van der Waals surface area contributed by atoms with Crippen molar-refractivity contribution in [3.05, 3.63) is 69.5 Å². The molecule has 1 aromatic heterocycles. The van der Waals surface area contributed by atoms with Crippen molar-refractivity contribution in [2.45, 2.75) is 39.8 Å². The molecule has 7 heteroatoms. The first-order valence-corrected chi connectivity index (χ1v) is 9.27. The molecule has 0 atom stereocenters. The predicted molar refractivity (Wildman–Crippen MR) is 111 cm³/mol. The Morgan fingerprint density at radius 2 is 1.93 bits per heavy atom. The quantitative estimate of drug-likeness (QED) is 0.675. The second kappa shape index (κ2) is 7.66. The average molecular weight is 397 g/mol. The van der Waals surface area contributed by atoms with Crippen LogP contribution in [0.3, 0.4) is 0 Å². The van der Waals surface area contributed by atoms with E-state index in [1.807, 2.05) is 18.0 Å². The number of halogens is 1. The van der Waals surface area contributed by atoms with Gasteiger partial charge in [0, 0.05) is 19.3 Å². The SMILES string of the molecule is Cc1nc2ccc(CN(C)c3ccc(C(=O)OC(C)(C)C)c(F)c3)cc2c(=O)[nH]1. The van der Waals surface area contributed by atoms with E-state index in [0.29, 0.717) is 29.0 Å². The number of H-pyrrole nitrogens is 1. The van der Waals surface area contributed by atoms with E-state index in [4.69, 9.17) is 4.74 Å².